The number of rotatable bonds is 1. The molecular formula is C14H14F3NO. The maximum Gasteiger partial charge on any atom is 0.416 e. The maximum absolute atomic E-state index is 13.1. The van der Waals surface area contributed by atoms with Crippen LogP contribution in [0.4, 0.5) is 13.2 Å². The van der Waals surface area contributed by atoms with Gasteiger partial charge in [0.15, 0.2) is 0 Å². The fourth-order valence-corrected chi connectivity index (χ4v) is 2.91. The molecule has 2 atom stereocenters. The van der Waals surface area contributed by atoms with Crippen LogP contribution in [0.15, 0.2) is 18.7 Å². The van der Waals surface area contributed by atoms with Crippen molar-refractivity contribution >= 4 is 6.08 Å². The van der Waals surface area contributed by atoms with Gasteiger partial charge >= 0.3 is 6.18 Å². The van der Waals surface area contributed by atoms with E-state index in [0.717, 1.165) is 11.6 Å². The quantitative estimate of drug-likeness (QED) is 0.846. The Morgan fingerprint density at radius 2 is 2.11 bits per heavy atom. The largest absolute Gasteiger partial charge is 0.416 e. The van der Waals surface area contributed by atoms with Crippen LogP contribution in [0.3, 0.4) is 0 Å². The molecule has 0 aliphatic carbocycles. The molecule has 1 saturated heterocycles. The first-order chi connectivity index (χ1) is 9.00. The van der Waals surface area contributed by atoms with Crippen LogP contribution >= 0.6 is 0 Å². The summed E-state index contributed by atoms with van der Waals surface area (Å²) in [6.07, 6.45) is -2.91. The Bertz CT molecular complexity index is 524. The summed E-state index contributed by atoms with van der Waals surface area (Å²) in [5, 5.41) is 3.17. The Morgan fingerprint density at radius 1 is 1.32 bits per heavy atom. The minimum Gasteiger partial charge on any atom is -0.372 e. The highest BCUT2D eigenvalue weighted by Gasteiger charge is 2.41. The lowest BCUT2D eigenvalue weighted by molar-refractivity contribution is -0.139. The van der Waals surface area contributed by atoms with E-state index in [1.54, 1.807) is 0 Å². The molecule has 3 rings (SSSR count). The lowest BCUT2D eigenvalue weighted by Gasteiger charge is -2.30. The Balaban J connectivity index is 2.18. The summed E-state index contributed by atoms with van der Waals surface area (Å²) >= 11 is 0. The molecule has 2 nitrogen and oxygen atoms in total. The van der Waals surface area contributed by atoms with Crippen molar-refractivity contribution in [3.8, 4) is 0 Å². The highest BCUT2D eigenvalue weighted by molar-refractivity contribution is 5.55. The first-order valence-electron chi connectivity index (χ1n) is 6.19. The van der Waals surface area contributed by atoms with Gasteiger partial charge in [-0.15, -0.1) is 0 Å². The van der Waals surface area contributed by atoms with Gasteiger partial charge in [-0.1, -0.05) is 18.7 Å². The minimum atomic E-state index is -4.36. The van der Waals surface area contributed by atoms with Crippen molar-refractivity contribution in [2.24, 2.45) is 0 Å². The molecule has 0 bridgehead atoms. The number of hydrogen-bond acceptors (Lipinski definition) is 2. The molecule has 0 saturated carbocycles. The van der Waals surface area contributed by atoms with Crippen LogP contribution in [0.25, 0.3) is 6.08 Å². The lowest BCUT2D eigenvalue weighted by Crippen LogP contribution is -2.29. The van der Waals surface area contributed by atoms with Crippen LogP contribution in [-0.4, -0.2) is 19.2 Å². The molecule has 5 heteroatoms. The number of benzene rings is 1. The van der Waals surface area contributed by atoms with Crippen molar-refractivity contribution in [1.82, 2.24) is 5.32 Å². The zero-order valence-corrected chi connectivity index (χ0v) is 10.3. The molecule has 0 radical (unpaired) electrons. The molecule has 102 valence electrons. The van der Waals surface area contributed by atoms with Gasteiger partial charge in [0.05, 0.1) is 18.3 Å². The van der Waals surface area contributed by atoms with E-state index in [1.807, 2.05) is 6.07 Å². The van der Waals surface area contributed by atoms with Gasteiger partial charge in [-0.05, 0) is 22.8 Å². The summed E-state index contributed by atoms with van der Waals surface area (Å²) in [4.78, 5) is 0. The zero-order chi connectivity index (χ0) is 13.6. The number of halogens is 3. The van der Waals surface area contributed by atoms with Crippen LogP contribution < -0.4 is 5.32 Å². The van der Waals surface area contributed by atoms with Gasteiger partial charge in [0.25, 0.3) is 0 Å². The topological polar surface area (TPSA) is 21.3 Å². The van der Waals surface area contributed by atoms with E-state index in [2.05, 4.69) is 11.9 Å². The van der Waals surface area contributed by atoms with E-state index in [0.29, 0.717) is 18.7 Å². The molecular weight excluding hydrogens is 255 g/mol. The van der Waals surface area contributed by atoms with Crippen molar-refractivity contribution in [1.29, 1.82) is 0 Å². The standard InChI is InChI=1S/C14H14F3NO/c1-2-8-3-9-10-5-18-6-13(10)19-7-11(9)12(4-8)14(15,16)17/h2-4,10,13,18H,1,5-7H2/t10-,13-/m0/s1. The van der Waals surface area contributed by atoms with Crippen LogP contribution in [0.1, 0.15) is 28.2 Å². The second-order valence-corrected chi connectivity index (χ2v) is 4.95. The third-order valence-electron chi connectivity index (χ3n) is 3.85. The molecule has 19 heavy (non-hydrogen) atoms. The molecule has 1 fully saturated rings. The van der Waals surface area contributed by atoms with Gasteiger partial charge < -0.3 is 10.1 Å². The molecule has 0 unspecified atom stereocenters. The first kappa shape index (κ1) is 12.7. The second-order valence-electron chi connectivity index (χ2n) is 4.95. The van der Waals surface area contributed by atoms with Crippen molar-refractivity contribution < 1.29 is 17.9 Å². The van der Waals surface area contributed by atoms with Crippen molar-refractivity contribution in [2.45, 2.75) is 24.8 Å². The molecule has 2 aliphatic heterocycles. The molecule has 2 aliphatic rings. The molecule has 0 spiro atoms. The average Bonchev–Trinajstić information content (AvgIpc) is 2.84. The van der Waals surface area contributed by atoms with Gasteiger partial charge in [0.1, 0.15) is 0 Å². The Morgan fingerprint density at radius 3 is 2.79 bits per heavy atom. The molecule has 0 amide bonds. The van der Waals surface area contributed by atoms with Crippen LogP contribution in [0, 0.1) is 0 Å². The number of fused-ring (bicyclic) bond motifs is 3. The van der Waals surface area contributed by atoms with Crippen LogP contribution in [0.5, 0.6) is 0 Å². The van der Waals surface area contributed by atoms with Gasteiger partial charge in [0.2, 0.25) is 0 Å². The lowest BCUT2D eigenvalue weighted by atomic mass is 9.85. The van der Waals surface area contributed by atoms with Gasteiger partial charge in [-0.3, -0.25) is 0 Å². The van der Waals surface area contributed by atoms with Crippen molar-refractivity contribution in [3.05, 3.63) is 41.0 Å². The number of hydrogen-bond donors (Lipinski definition) is 1. The van der Waals surface area contributed by atoms with Gasteiger partial charge in [0, 0.05) is 19.0 Å². The second kappa shape index (κ2) is 4.35. The smallest absolute Gasteiger partial charge is 0.372 e. The first-order valence-corrected chi connectivity index (χ1v) is 6.19. The zero-order valence-electron chi connectivity index (χ0n) is 10.3. The van der Waals surface area contributed by atoms with Crippen LogP contribution in [-0.2, 0) is 17.5 Å². The fraction of sp³-hybridized carbons (Fsp3) is 0.429. The summed E-state index contributed by atoms with van der Waals surface area (Å²) in [7, 11) is 0. The monoisotopic (exact) mass is 269 g/mol. The highest BCUT2D eigenvalue weighted by Crippen LogP contribution is 2.41. The van der Waals surface area contributed by atoms with E-state index in [-0.39, 0.29) is 24.2 Å². The SMILES string of the molecule is C=Cc1cc2c(c(C(F)(F)F)c1)CO[C@H]1CNC[C@@H]21. The van der Waals surface area contributed by atoms with Crippen molar-refractivity contribution in [2.75, 3.05) is 13.1 Å². The van der Waals surface area contributed by atoms with E-state index >= 15 is 0 Å². The maximum atomic E-state index is 13.1. The van der Waals surface area contributed by atoms with E-state index in [9.17, 15) is 13.2 Å². The van der Waals surface area contributed by atoms with Crippen molar-refractivity contribution in [3.63, 3.8) is 0 Å². The summed E-state index contributed by atoms with van der Waals surface area (Å²) in [5.41, 5.74) is 0.956. The number of ether oxygens (including phenoxy) is 1. The summed E-state index contributed by atoms with van der Waals surface area (Å²) in [6, 6.07) is 2.96. The highest BCUT2D eigenvalue weighted by atomic mass is 19.4. The molecule has 1 aromatic rings. The molecule has 1 aromatic carbocycles. The normalized spacial score (nSPS) is 25.8. The number of nitrogens with one attached hydrogen (secondary N) is 1. The summed E-state index contributed by atoms with van der Waals surface area (Å²) in [6.45, 7) is 4.97. The van der Waals surface area contributed by atoms with E-state index < -0.39 is 11.7 Å². The summed E-state index contributed by atoms with van der Waals surface area (Å²) in [5.74, 6) is 0.00440. The molecule has 2 heterocycles. The summed E-state index contributed by atoms with van der Waals surface area (Å²) < 4.78 is 44.9. The molecule has 1 N–H and O–H groups in total. The molecule has 0 aromatic heterocycles. The third-order valence-corrected chi connectivity index (χ3v) is 3.85. The van der Waals surface area contributed by atoms with Crippen LogP contribution in [0.2, 0.25) is 0 Å². The fourth-order valence-electron chi connectivity index (χ4n) is 2.91. The predicted octanol–water partition coefficient (Wildman–Crippen LogP) is 2.93. The number of alkyl halides is 3. The van der Waals surface area contributed by atoms with Gasteiger partial charge in [-0.2, -0.15) is 13.2 Å². The van der Waals surface area contributed by atoms with Gasteiger partial charge in [-0.25, -0.2) is 0 Å². The Kier molecular flexibility index (Phi) is 2.91. The predicted molar refractivity (Wildman–Crippen MR) is 65.7 cm³/mol. The average molecular weight is 269 g/mol. The van der Waals surface area contributed by atoms with E-state index in [1.165, 1.54) is 6.08 Å². The third kappa shape index (κ3) is 2.07. The minimum absolute atomic E-state index is 0.00440. The Labute approximate surface area is 109 Å². The van der Waals surface area contributed by atoms with E-state index in [4.69, 9.17) is 4.74 Å². The Hall–Kier alpha value is -1.33.